The van der Waals surface area contributed by atoms with Crippen molar-refractivity contribution < 1.29 is 9.59 Å². The Kier molecular flexibility index (Phi) is 4.29. The van der Waals surface area contributed by atoms with Gasteiger partial charge in [0.25, 0.3) is 0 Å². The second-order valence-corrected chi connectivity index (χ2v) is 4.49. The number of hydrogen-bond donors (Lipinski definition) is 1. The van der Waals surface area contributed by atoms with Crippen LogP contribution in [0.1, 0.15) is 32.1 Å². The second-order valence-electron chi connectivity index (χ2n) is 4.49. The Labute approximate surface area is 107 Å². The van der Waals surface area contributed by atoms with Gasteiger partial charge in [0.05, 0.1) is 6.42 Å². The molecule has 0 fully saturated rings. The number of para-hydroxylation sites is 1. The molecule has 1 aromatic rings. The van der Waals surface area contributed by atoms with Crippen LogP contribution in [0.5, 0.6) is 0 Å². The molecular formula is C15H17NO2. The van der Waals surface area contributed by atoms with Crippen molar-refractivity contribution in [3.8, 4) is 0 Å². The van der Waals surface area contributed by atoms with Gasteiger partial charge >= 0.3 is 0 Å². The summed E-state index contributed by atoms with van der Waals surface area (Å²) in [6.45, 7) is 0. The number of nitrogens with one attached hydrogen (secondary N) is 1. The molecule has 1 N–H and O–H groups in total. The summed E-state index contributed by atoms with van der Waals surface area (Å²) in [4.78, 5) is 23.6. The molecule has 0 saturated heterocycles. The number of amides is 1. The van der Waals surface area contributed by atoms with E-state index >= 15 is 0 Å². The molecule has 1 aliphatic carbocycles. The third kappa shape index (κ3) is 3.55. The van der Waals surface area contributed by atoms with Crippen LogP contribution in [0.2, 0.25) is 0 Å². The van der Waals surface area contributed by atoms with Gasteiger partial charge in [0, 0.05) is 5.69 Å². The highest BCUT2D eigenvalue weighted by atomic mass is 16.2. The molecule has 0 atom stereocenters. The van der Waals surface area contributed by atoms with Crippen LogP contribution in [0, 0.1) is 0 Å². The maximum atomic E-state index is 11.9. The normalized spacial score (nSPS) is 14.8. The summed E-state index contributed by atoms with van der Waals surface area (Å²) < 4.78 is 0. The number of carbonyl (C=O) groups is 2. The lowest BCUT2D eigenvalue weighted by molar-refractivity contribution is -0.123. The van der Waals surface area contributed by atoms with Crippen LogP contribution < -0.4 is 5.32 Å². The summed E-state index contributed by atoms with van der Waals surface area (Å²) in [6.07, 6.45) is 5.89. The molecule has 3 heteroatoms. The van der Waals surface area contributed by atoms with E-state index in [1.165, 1.54) is 0 Å². The molecular weight excluding hydrogens is 226 g/mol. The van der Waals surface area contributed by atoms with E-state index in [0.717, 1.165) is 36.9 Å². The van der Waals surface area contributed by atoms with Crippen molar-refractivity contribution >= 4 is 17.4 Å². The number of rotatable bonds is 4. The van der Waals surface area contributed by atoms with E-state index in [2.05, 4.69) is 5.32 Å². The van der Waals surface area contributed by atoms with Gasteiger partial charge in [0.2, 0.25) is 5.91 Å². The molecule has 94 valence electrons. The third-order valence-corrected chi connectivity index (χ3v) is 3.03. The van der Waals surface area contributed by atoms with Gasteiger partial charge in [-0.25, -0.2) is 0 Å². The molecule has 1 aliphatic rings. The average Bonchev–Trinajstić information content (AvgIpc) is 2.40. The Balaban J connectivity index is 1.87. The molecule has 1 amide bonds. The average molecular weight is 243 g/mol. The first-order chi connectivity index (χ1) is 8.75. The number of anilines is 1. The maximum Gasteiger partial charge on any atom is 0.232 e. The van der Waals surface area contributed by atoms with Gasteiger partial charge in [-0.05, 0) is 43.4 Å². The molecule has 0 radical (unpaired) electrons. The standard InChI is InChI=1S/C15H17NO2/c17-14(12-7-3-1-4-8-12)11-15(18)16-13-9-5-2-6-10-13/h2,5-7,9-10H,1,3-4,8,11H2,(H,16,18). The summed E-state index contributed by atoms with van der Waals surface area (Å²) in [5.74, 6) is -0.277. The van der Waals surface area contributed by atoms with Gasteiger partial charge in [-0.15, -0.1) is 0 Å². The predicted octanol–water partition coefficient (Wildman–Crippen LogP) is 3.08. The zero-order valence-electron chi connectivity index (χ0n) is 10.3. The number of Topliss-reactive ketones (excluding diaryl/α,β-unsaturated/α-hetero) is 1. The van der Waals surface area contributed by atoms with Gasteiger partial charge < -0.3 is 5.32 Å². The summed E-state index contributed by atoms with van der Waals surface area (Å²) in [7, 11) is 0. The van der Waals surface area contributed by atoms with Gasteiger partial charge in [-0.3, -0.25) is 9.59 Å². The second kappa shape index (κ2) is 6.15. The fraction of sp³-hybridized carbons (Fsp3) is 0.333. The van der Waals surface area contributed by atoms with Crippen LogP contribution in [-0.2, 0) is 9.59 Å². The van der Waals surface area contributed by atoms with Gasteiger partial charge in [-0.2, -0.15) is 0 Å². The highest BCUT2D eigenvalue weighted by molar-refractivity contribution is 6.10. The quantitative estimate of drug-likeness (QED) is 0.826. The molecule has 3 nitrogen and oxygen atoms in total. The third-order valence-electron chi connectivity index (χ3n) is 3.03. The first-order valence-corrected chi connectivity index (χ1v) is 6.33. The molecule has 0 bridgehead atoms. The zero-order chi connectivity index (χ0) is 12.8. The van der Waals surface area contributed by atoms with E-state index in [1.807, 2.05) is 36.4 Å². The van der Waals surface area contributed by atoms with Crippen molar-refractivity contribution in [1.82, 2.24) is 0 Å². The number of ketones is 1. The number of hydrogen-bond acceptors (Lipinski definition) is 2. The largest absolute Gasteiger partial charge is 0.326 e. The van der Waals surface area contributed by atoms with Gasteiger partial charge in [-0.1, -0.05) is 24.3 Å². The lowest BCUT2D eigenvalue weighted by atomic mass is 9.95. The lowest BCUT2D eigenvalue weighted by Gasteiger charge is -2.11. The minimum atomic E-state index is -0.238. The van der Waals surface area contributed by atoms with Crippen molar-refractivity contribution in [3.05, 3.63) is 42.0 Å². The van der Waals surface area contributed by atoms with Crippen LogP contribution in [0.3, 0.4) is 0 Å². The first kappa shape index (κ1) is 12.6. The highest BCUT2D eigenvalue weighted by Gasteiger charge is 2.15. The summed E-state index contributed by atoms with van der Waals surface area (Å²) in [5, 5.41) is 2.72. The monoisotopic (exact) mass is 243 g/mol. The molecule has 0 heterocycles. The first-order valence-electron chi connectivity index (χ1n) is 6.33. The van der Waals surface area contributed by atoms with E-state index in [4.69, 9.17) is 0 Å². The Morgan fingerprint density at radius 3 is 2.56 bits per heavy atom. The van der Waals surface area contributed by atoms with Crippen LogP contribution >= 0.6 is 0 Å². The minimum absolute atomic E-state index is 0.0388. The van der Waals surface area contributed by atoms with Crippen LogP contribution in [-0.4, -0.2) is 11.7 Å². The fourth-order valence-electron chi connectivity index (χ4n) is 2.08. The molecule has 0 unspecified atom stereocenters. The summed E-state index contributed by atoms with van der Waals surface area (Å²) in [6, 6.07) is 9.19. The molecule has 1 aromatic carbocycles. The van der Waals surface area contributed by atoms with Crippen LogP contribution in [0.4, 0.5) is 5.69 Å². The van der Waals surface area contributed by atoms with Crippen LogP contribution in [0.15, 0.2) is 42.0 Å². The Hall–Kier alpha value is -1.90. The van der Waals surface area contributed by atoms with E-state index in [-0.39, 0.29) is 18.1 Å². The lowest BCUT2D eigenvalue weighted by Crippen LogP contribution is -2.18. The van der Waals surface area contributed by atoms with Gasteiger partial charge in [0.15, 0.2) is 5.78 Å². The van der Waals surface area contributed by atoms with E-state index < -0.39 is 0 Å². The molecule has 0 saturated carbocycles. The number of carbonyl (C=O) groups excluding carboxylic acids is 2. The molecule has 0 aromatic heterocycles. The maximum absolute atomic E-state index is 11.9. The topological polar surface area (TPSA) is 46.2 Å². The molecule has 18 heavy (non-hydrogen) atoms. The smallest absolute Gasteiger partial charge is 0.232 e. The summed E-state index contributed by atoms with van der Waals surface area (Å²) in [5.41, 5.74) is 1.55. The molecule has 2 rings (SSSR count). The zero-order valence-corrected chi connectivity index (χ0v) is 10.3. The van der Waals surface area contributed by atoms with E-state index in [0.29, 0.717) is 0 Å². The SMILES string of the molecule is O=C(CC(=O)C1=CCCCC1)Nc1ccccc1. The molecule has 0 aliphatic heterocycles. The van der Waals surface area contributed by atoms with Crippen molar-refractivity contribution in [2.45, 2.75) is 32.1 Å². The predicted molar refractivity (Wildman–Crippen MR) is 71.2 cm³/mol. The minimum Gasteiger partial charge on any atom is -0.326 e. The van der Waals surface area contributed by atoms with Crippen molar-refractivity contribution in [3.63, 3.8) is 0 Å². The Morgan fingerprint density at radius 2 is 1.89 bits per heavy atom. The number of allylic oxidation sites excluding steroid dienone is 2. The Morgan fingerprint density at radius 1 is 1.11 bits per heavy atom. The van der Waals surface area contributed by atoms with Crippen LogP contribution in [0.25, 0.3) is 0 Å². The Bertz CT molecular complexity index is 463. The van der Waals surface area contributed by atoms with Gasteiger partial charge in [0.1, 0.15) is 0 Å². The van der Waals surface area contributed by atoms with E-state index in [1.54, 1.807) is 0 Å². The van der Waals surface area contributed by atoms with E-state index in [9.17, 15) is 9.59 Å². The fourth-order valence-corrected chi connectivity index (χ4v) is 2.08. The van der Waals surface area contributed by atoms with Crippen molar-refractivity contribution in [2.75, 3.05) is 5.32 Å². The highest BCUT2D eigenvalue weighted by Crippen LogP contribution is 2.19. The summed E-state index contributed by atoms with van der Waals surface area (Å²) >= 11 is 0. The van der Waals surface area contributed by atoms with Crippen molar-refractivity contribution in [1.29, 1.82) is 0 Å². The van der Waals surface area contributed by atoms with Crippen molar-refractivity contribution in [2.24, 2.45) is 0 Å². The molecule has 0 spiro atoms. The number of benzene rings is 1.